The second-order valence-electron chi connectivity index (χ2n) is 10.2. The number of carbonyl (C=O) groups excluding carboxylic acids is 1. The highest BCUT2D eigenvalue weighted by Gasteiger charge is 2.27. The third kappa shape index (κ3) is 5.93. The maximum absolute atomic E-state index is 12.1. The highest BCUT2D eigenvalue weighted by atomic mass is 16.5. The van der Waals surface area contributed by atoms with Gasteiger partial charge in [-0.25, -0.2) is 0 Å². The second kappa shape index (κ2) is 8.71. The summed E-state index contributed by atoms with van der Waals surface area (Å²) in [7, 11) is 0. The van der Waals surface area contributed by atoms with Crippen LogP contribution >= 0.6 is 0 Å². The van der Waals surface area contributed by atoms with Gasteiger partial charge in [-0.05, 0) is 46.9 Å². The molecular weight excluding hydrogens is 358 g/mol. The second-order valence-corrected chi connectivity index (χ2v) is 10.2. The molecule has 0 aliphatic rings. The van der Waals surface area contributed by atoms with Crippen LogP contribution in [0.5, 0.6) is 0 Å². The maximum atomic E-state index is 12.1. The molecule has 0 heterocycles. The summed E-state index contributed by atoms with van der Waals surface area (Å²) in [4.78, 5) is 12.1. The molecule has 0 spiro atoms. The molecule has 0 amide bonds. The number of hydrogen-bond donors (Lipinski definition) is 1. The molecule has 0 bridgehead atoms. The average molecular weight is 396 g/mol. The first-order chi connectivity index (χ1) is 13.3. The van der Waals surface area contributed by atoms with Gasteiger partial charge in [0.25, 0.3) is 0 Å². The Morgan fingerprint density at radius 3 is 1.38 bits per heavy atom. The van der Waals surface area contributed by atoms with Crippen LogP contribution in [0.3, 0.4) is 0 Å². The number of carbonyl (C=O) groups is 1. The van der Waals surface area contributed by atoms with Gasteiger partial charge in [0.15, 0.2) is 0 Å². The van der Waals surface area contributed by atoms with Crippen LogP contribution in [-0.2, 0) is 20.4 Å². The summed E-state index contributed by atoms with van der Waals surface area (Å²) in [5, 5.41) is 0. The predicted molar refractivity (Wildman–Crippen MR) is 121 cm³/mol. The summed E-state index contributed by atoms with van der Waals surface area (Å²) < 4.78 is 5.71. The zero-order valence-electron chi connectivity index (χ0n) is 19.2. The number of esters is 1. The van der Waals surface area contributed by atoms with E-state index in [1.54, 1.807) is 6.92 Å². The van der Waals surface area contributed by atoms with Crippen molar-refractivity contribution in [1.82, 2.24) is 0 Å². The van der Waals surface area contributed by atoms with Gasteiger partial charge < -0.3 is 10.5 Å². The molecule has 2 atom stereocenters. The predicted octanol–water partition coefficient (Wildman–Crippen LogP) is 5.69. The molecule has 3 heteroatoms. The van der Waals surface area contributed by atoms with Crippen molar-refractivity contribution in [2.75, 3.05) is 0 Å². The average Bonchev–Trinajstić information content (AvgIpc) is 2.61. The summed E-state index contributed by atoms with van der Waals surface area (Å²) in [5.41, 5.74) is 10.7. The molecule has 0 aliphatic carbocycles. The van der Waals surface area contributed by atoms with E-state index >= 15 is 0 Å². The van der Waals surface area contributed by atoms with Crippen molar-refractivity contribution in [1.29, 1.82) is 0 Å². The molecule has 2 N–H and O–H groups in total. The smallest absolute Gasteiger partial charge is 0.322 e. The summed E-state index contributed by atoms with van der Waals surface area (Å²) in [5.74, 6) is -0.430. The monoisotopic (exact) mass is 395 g/mol. The lowest BCUT2D eigenvalue weighted by molar-refractivity contribution is -0.149. The molecule has 0 saturated heterocycles. The van der Waals surface area contributed by atoms with Crippen molar-refractivity contribution < 1.29 is 9.53 Å². The topological polar surface area (TPSA) is 52.3 Å². The Bertz CT molecular complexity index is 748. The van der Waals surface area contributed by atoms with Gasteiger partial charge in [-0.15, -0.1) is 0 Å². The molecule has 2 aromatic rings. The van der Waals surface area contributed by atoms with Crippen molar-refractivity contribution in [3.05, 3.63) is 70.8 Å². The molecule has 29 heavy (non-hydrogen) atoms. The number of benzene rings is 2. The van der Waals surface area contributed by atoms with E-state index in [0.29, 0.717) is 0 Å². The molecule has 0 aromatic heterocycles. The van der Waals surface area contributed by atoms with Gasteiger partial charge in [0.2, 0.25) is 0 Å². The summed E-state index contributed by atoms with van der Waals surface area (Å²) in [6, 6.07) is 16.7. The number of rotatable bonds is 5. The molecule has 3 nitrogen and oxygen atoms in total. The summed E-state index contributed by atoms with van der Waals surface area (Å²) in [6.07, 6.45) is -0.325. The normalized spacial score (nSPS) is 14.6. The Hall–Kier alpha value is -2.13. The van der Waals surface area contributed by atoms with Crippen LogP contribution in [0.4, 0.5) is 0 Å². The highest BCUT2D eigenvalue weighted by Crippen LogP contribution is 2.33. The van der Waals surface area contributed by atoms with E-state index in [1.165, 1.54) is 11.1 Å². The van der Waals surface area contributed by atoms with Crippen LogP contribution in [0.15, 0.2) is 48.5 Å². The van der Waals surface area contributed by atoms with E-state index in [1.807, 2.05) is 6.92 Å². The Labute approximate surface area is 176 Å². The first-order valence-corrected chi connectivity index (χ1v) is 10.5. The van der Waals surface area contributed by atoms with Gasteiger partial charge >= 0.3 is 5.97 Å². The third-order valence-corrected chi connectivity index (χ3v) is 5.41. The minimum absolute atomic E-state index is 0.0549. The van der Waals surface area contributed by atoms with Gasteiger partial charge in [0, 0.05) is 5.92 Å². The Balaban J connectivity index is 2.44. The fourth-order valence-corrected chi connectivity index (χ4v) is 3.47. The lowest BCUT2D eigenvalue weighted by Crippen LogP contribution is -2.33. The quantitative estimate of drug-likeness (QED) is 0.661. The zero-order chi connectivity index (χ0) is 22.0. The molecule has 0 unspecified atom stereocenters. The molecule has 0 aliphatic heterocycles. The van der Waals surface area contributed by atoms with E-state index in [2.05, 4.69) is 90.1 Å². The molecule has 0 radical (unpaired) electrons. The van der Waals surface area contributed by atoms with Crippen molar-refractivity contribution >= 4 is 5.97 Å². The van der Waals surface area contributed by atoms with Gasteiger partial charge in [-0.2, -0.15) is 0 Å². The molecule has 0 saturated carbocycles. The van der Waals surface area contributed by atoms with Crippen LogP contribution in [0.2, 0.25) is 0 Å². The van der Waals surface area contributed by atoms with Gasteiger partial charge in [0.1, 0.15) is 12.1 Å². The van der Waals surface area contributed by atoms with Crippen LogP contribution in [0.25, 0.3) is 0 Å². The van der Waals surface area contributed by atoms with E-state index in [9.17, 15) is 4.79 Å². The third-order valence-electron chi connectivity index (χ3n) is 5.41. The summed E-state index contributed by atoms with van der Waals surface area (Å²) in [6.45, 7) is 16.8. The van der Waals surface area contributed by atoms with Crippen molar-refractivity contribution in [3.8, 4) is 0 Å². The van der Waals surface area contributed by atoms with Gasteiger partial charge in [-0.1, -0.05) is 90.1 Å². The minimum atomic E-state index is -0.635. The molecule has 158 valence electrons. The largest absolute Gasteiger partial charge is 0.461 e. The van der Waals surface area contributed by atoms with E-state index in [4.69, 9.17) is 10.5 Å². The number of nitrogens with two attached hydrogens (primary N) is 1. The van der Waals surface area contributed by atoms with E-state index in [-0.39, 0.29) is 28.8 Å². The first-order valence-electron chi connectivity index (χ1n) is 10.5. The van der Waals surface area contributed by atoms with Crippen LogP contribution in [0, 0.1) is 0 Å². The number of hydrogen-bond acceptors (Lipinski definition) is 3. The van der Waals surface area contributed by atoms with Gasteiger partial charge in [0.05, 0.1) is 0 Å². The molecule has 2 aromatic carbocycles. The maximum Gasteiger partial charge on any atom is 0.322 e. The lowest BCUT2D eigenvalue weighted by Gasteiger charge is -2.28. The fourth-order valence-electron chi connectivity index (χ4n) is 3.47. The van der Waals surface area contributed by atoms with E-state index < -0.39 is 6.04 Å². The standard InChI is InChI=1S/C26H37NO2/c1-17(27)24(28)29-18(2)23(19-9-13-21(14-10-19)25(3,4)5)20-11-15-22(16-12-20)26(6,7)8/h9-18,23H,27H2,1-8H3/t17-,18-/m0/s1. The van der Waals surface area contributed by atoms with Gasteiger partial charge in [-0.3, -0.25) is 4.79 Å². The lowest BCUT2D eigenvalue weighted by atomic mass is 9.81. The molecule has 0 fully saturated rings. The SMILES string of the molecule is C[C@H](N)C(=O)O[C@@H](C)C(c1ccc(C(C)(C)C)cc1)c1ccc(C(C)(C)C)cc1. The van der Waals surface area contributed by atoms with Crippen LogP contribution in [0.1, 0.15) is 83.6 Å². The molecular formula is C26H37NO2. The first kappa shape index (κ1) is 23.2. The van der Waals surface area contributed by atoms with Crippen molar-refractivity contribution in [2.24, 2.45) is 5.73 Å². The Morgan fingerprint density at radius 1 is 0.759 bits per heavy atom. The van der Waals surface area contributed by atoms with E-state index in [0.717, 1.165) is 11.1 Å². The van der Waals surface area contributed by atoms with Crippen LogP contribution in [-0.4, -0.2) is 18.1 Å². The zero-order valence-corrected chi connectivity index (χ0v) is 19.2. The number of ether oxygens (including phenoxy) is 1. The molecule has 2 rings (SSSR count). The van der Waals surface area contributed by atoms with Crippen LogP contribution < -0.4 is 5.73 Å². The van der Waals surface area contributed by atoms with Crippen molar-refractivity contribution in [3.63, 3.8) is 0 Å². The Morgan fingerprint density at radius 2 is 1.10 bits per heavy atom. The minimum Gasteiger partial charge on any atom is -0.461 e. The summed E-state index contributed by atoms with van der Waals surface area (Å²) >= 11 is 0. The Kier molecular flexibility index (Phi) is 6.95. The highest BCUT2D eigenvalue weighted by molar-refractivity contribution is 5.75. The fraction of sp³-hybridized carbons (Fsp3) is 0.500. The van der Waals surface area contributed by atoms with Crippen molar-refractivity contribution in [2.45, 2.75) is 84.3 Å².